The van der Waals surface area contributed by atoms with Crippen molar-refractivity contribution in [1.29, 1.82) is 0 Å². The summed E-state index contributed by atoms with van der Waals surface area (Å²) in [5.41, 5.74) is -1.61. The Hall–Kier alpha value is -1.10. The van der Waals surface area contributed by atoms with E-state index in [0.717, 1.165) is 19.3 Å². The molecule has 0 amide bonds. The molecule has 1 rings (SSSR count). The molecule has 5 nitrogen and oxygen atoms in total. The summed E-state index contributed by atoms with van der Waals surface area (Å²) in [6.07, 6.45) is 13.7. The van der Waals surface area contributed by atoms with Crippen LogP contribution >= 0.6 is 0 Å². The fraction of sp³-hybridized carbons (Fsp3) is 0.909. The number of carbonyl (C=O) groups excluding carboxylic acids is 1. The summed E-state index contributed by atoms with van der Waals surface area (Å²) in [7, 11) is 3.71. The van der Waals surface area contributed by atoms with Gasteiger partial charge in [-0.1, -0.05) is 64.7 Å². The number of carboxylic acid groups (broad SMARTS) is 2. The maximum absolute atomic E-state index is 11.8. The van der Waals surface area contributed by atoms with Gasteiger partial charge >= 0.3 is 5.97 Å². The second-order valence-electron chi connectivity index (χ2n) is 9.50. The maximum atomic E-state index is 11.8. The van der Waals surface area contributed by atoms with Crippen LogP contribution < -0.4 is 5.11 Å². The van der Waals surface area contributed by atoms with E-state index in [1.54, 1.807) is 0 Å². The van der Waals surface area contributed by atoms with Crippen molar-refractivity contribution in [3.05, 3.63) is 0 Å². The third-order valence-electron chi connectivity index (χ3n) is 7.24. The van der Waals surface area contributed by atoms with E-state index in [-0.39, 0.29) is 16.4 Å². The topological polar surface area (TPSA) is 77.4 Å². The highest BCUT2D eigenvalue weighted by Gasteiger charge is 2.73. The van der Waals surface area contributed by atoms with Crippen LogP contribution in [0.5, 0.6) is 0 Å². The molecule has 2 atom stereocenters. The van der Waals surface area contributed by atoms with Crippen LogP contribution in [-0.4, -0.2) is 46.7 Å². The summed E-state index contributed by atoms with van der Waals surface area (Å²) < 4.78 is 0.163. The molecule has 0 radical (unpaired) electrons. The van der Waals surface area contributed by atoms with Gasteiger partial charge in [0.05, 0.1) is 19.6 Å². The summed E-state index contributed by atoms with van der Waals surface area (Å²) in [5.74, 6) is -3.10. The zero-order valence-corrected chi connectivity index (χ0v) is 18.2. The Morgan fingerprint density at radius 2 is 1.44 bits per heavy atom. The fourth-order valence-electron chi connectivity index (χ4n) is 4.48. The lowest BCUT2D eigenvalue weighted by molar-refractivity contribution is -0.965. The predicted molar refractivity (Wildman–Crippen MR) is 106 cm³/mol. The first-order chi connectivity index (χ1) is 12.5. The SMILES string of the molecule is CCCCCCCCCCCCC(C)(C)[N+](C)(C)C1(C(=O)[O-])CC1C(=O)O. The van der Waals surface area contributed by atoms with Crippen molar-refractivity contribution in [2.45, 2.75) is 109 Å². The van der Waals surface area contributed by atoms with Crippen LogP contribution in [0.25, 0.3) is 0 Å². The van der Waals surface area contributed by atoms with Crippen LogP contribution in [0, 0.1) is 5.92 Å². The molecule has 0 aromatic carbocycles. The average molecular weight is 384 g/mol. The molecule has 1 fully saturated rings. The van der Waals surface area contributed by atoms with E-state index >= 15 is 0 Å². The van der Waals surface area contributed by atoms with E-state index in [1.807, 2.05) is 14.1 Å². The third kappa shape index (κ3) is 5.46. The molecule has 0 bridgehead atoms. The molecular weight excluding hydrogens is 342 g/mol. The zero-order chi connectivity index (χ0) is 20.7. The summed E-state index contributed by atoms with van der Waals surface area (Å²) in [4.78, 5) is 23.2. The molecule has 0 saturated heterocycles. The largest absolute Gasteiger partial charge is 0.544 e. The highest BCUT2D eigenvalue weighted by Crippen LogP contribution is 2.55. The number of unbranched alkanes of at least 4 members (excludes halogenated alkanes) is 9. The molecule has 158 valence electrons. The minimum Gasteiger partial charge on any atom is -0.544 e. The zero-order valence-electron chi connectivity index (χ0n) is 18.2. The van der Waals surface area contributed by atoms with E-state index < -0.39 is 23.4 Å². The summed E-state index contributed by atoms with van der Waals surface area (Å²) in [5, 5.41) is 21.2. The molecule has 0 aliphatic heterocycles. The van der Waals surface area contributed by atoms with Gasteiger partial charge in [-0.05, 0) is 20.3 Å². The number of likely N-dealkylation sites (N-methyl/N-ethyl adjacent to an activating group) is 1. The predicted octanol–water partition coefficient (Wildman–Crippen LogP) is 3.75. The second kappa shape index (κ2) is 9.90. The number of hydrogen-bond donors (Lipinski definition) is 1. The lowest BCUT2D eigenvalue weighted by atomic mass is 9.88. The number of quaternary nitrogens is 1. The lowest BCUT2D eigenvalue weighted by Crippen LogP contribution is -2.69. The quantitative estimate of drug-likeness (QED) is 0.345. The highest BCUT2D eigenvalue weighted by molar-refractivity contribution is 5.90. The van der Waals surface area contributed by atoms with Crippen molar-refractivity contribution in [2.75, 3.05) is 14.1 Å². The Kier molecular flexibility index (Phi) is 8.78. The molecule has 0 heterocycles. The molecule has 27 heavy (non-hydrogen) atoms. The number of carbonyl (C=O) groups is 2. The number of nitrogens with zero attached hydrogens (tertiary/aromatic N) is 1. The number of hydrogen-bond acceptors (Lipinski definition) is 3. The molecule has 1 aliphatic carbocycles. The third-order valence-corrected chi connectivity index (χ3v) is 7.24. The lowest BCUT2D eigenvalue weighted by Gasteiger charge is -2.51. The molecule has 0 aromatic heterocycles. The standard InChI is InChI=1S/C22H41NO4/c1-6-7-8-9-10-11-12-13-14-15-16-21(2,3)23(4,5)22(20(26)27)17-18(22)19(24)25/h18H,6-17H2,1-5H3,(H-,24,25,26,27). The van der Waals surface area contributed by atoms with Gasteiger partial charge in [-0.2, -0.15) is 0 Å². The van der Waals surface area contributed by atoms with Crippen molar-refractivity contribution < 1.29 is 24.3 Å². The molecular formula is C22H41NO4. The maximum Gasteiger partial charge on any atom is 0.313 e. The molecule has 1 saturated carbocycles. The first kappa shape index (κ1) is 23.9. The van der Waals surface area contributed by atoms with E-state index in [9.17, 15) is 19.8 Å². The molecule has 5 heteroatoms. The minimum atomic E-state index is -1.30. The van der Waals surface area contributed by atoms with Crippen LogP contribution in [0.15, 0.2) is 0 Å². The van der Waals surface area contributed by atoms with E-state index in [4.69, 9.17) is 0 Å². The first-order valence-electron chi connectivity index (χ1n) is 10.8. The van der Waals surface area contributed by atoms with Gasteiger partial charge in [-0.3, -0.25) is 4.79 Å². The Labute approximate surface area is 165 Å². The highest BCUT2D eigenvalue weighted by atomic mass is 16.4. The van der Waals surface area contributed by atoms with Crippen LogP contribution in [0.1, 0.15) is 97.8 Å². The monoisotopic (exact) mass is 383 g/mol. The number of carboxylic acids is 2. The second-order valence-corrected chi connectivity index (χ2v) is 9.50. The molecule has 1 aliphatic rings. The van der Waals surface area contributed by atoms with E-state index in [0.29, 0.717) is 0 Å². The van der Waals surface area contributed by atoms with Gasteiger partial charge in [0.25, 0.3) is 0 Å². The van der Waals surface area contributed by atoms with Gasteiger partial charge in [-0.25, -0.2) is 0 Å². The number of rotatable bonds is 15. The summed E-state index contributed by atoms with van der Waals surface area (Å²) >= 11 is 0. The van der Waals surface area contributed by atoms with Crippen LogP contribution in [0.4, 0.5) is 0 Å². The van der Waals surface area contributed by atoms with Gasteiger partial charge < -0.3 is 19.5 Å². The molecule has 0 spiro atoms. The van der Waals surface area contributed by atoms with Crippen LogP contribution in [0.2, 0.25) is 0 Å². The summed E-state index contributed by atoms with van der Waals surface area (Å²) in [6.45, 7) is 6.35. The van der Waals surface area contributed by atoms with Crippen molar-refractivity contribution in [1.82, 2.24) is 0 Å². The van der Waals surface area contributed by atoms with Crippen molar-refractivity contribution >= 4 is 11.9 Å². The Bertz CT molecular complexity index is 501. The van der Waals surface area contributed by atoms with Gasteiger partial charge in [0, 0.05) is 12.8 Å². The van der Waals surface area contributed by atoms with Crippen LogP contribution in [0.3, 0.4) is 0 Å². The average Bonchev–Trinajstić information content (AvgIpc) is 3.34. The van der Waals surface area contributed by atoms with E-state index in [1.165, 1.54) is 51.4 Å². The van der Waals surface area contributed by atoms with Gasteiger partial charge in [0.1, 0.15) is 11.9 Å². The van der Waals surface area contributed by atoms with Crippen molar-refractivity contribution in [3.8, 4) is 0 Å². The van der Waals surface area contributed by atoms with E-state index in [2.05, 4.69) is 20.8 Å². The van der Waals surface area contributed by atoms with Crippen molar-refractivity contribution in [2.24, 2.45) is 5.92 Å². The van der Waals surface area contributed by atoms with Gasteiger partial charge in [0.2, 0.25) is 0 Å². The Morgan fingerprint density at radius 3 is 1.81 bits per heavy atom. The molecule has 2 unspecified atom stereocenters. The summed E-state index contributed by atoms with van der Waals surface area (Å²) in [6, 6.07) is 0. The first-order valence-corrected chi connectivity index (χ1v) is 10.8. The minimum absolute atomic E-state index is 0.163. The Morgan fingerprint density at radius 1 is 1.00 bits per heavy atom. The molecule has 0 aromatic rings. The Balaban J connectivity index is 2.41. The van der Waals surface area contributed by atoms with Crippen molar-refractivity contribution in [3.63, 3.8) is 0 Å². The fourth-order valence-corrected chi connectivity index (χ4v) is 4.48. The van der Waals surface area contributed by atoms with Gasteiger partial charge in [-0.15, -0.1) is 0 Å². The number of aliphatic carboxylic acids is 2. The van der Waals surface area contributed by atoms with Crippen LogP contribution in [-0.2, 0) is 9.59 Å². The normalized spacial score (nSPS) is 22.6. The van der Waals surface area contributed by atoms with Gasteiger partial charge in [0.15, 0.2) is 5.54 Å². The smallest absolute Gasteiger partial charge is 0.313 e. The molecule has 1 N–H and O–H groups in total.